The first-order valence-electron chi connectivity index (χ1n) is 6.43. The molecule has 0 saturated heterocycles. The van der Waals surface area contributed by atoms with Gasteiger partial charge in [-0.1, -0.05) is 70.4 Å². The summed E-state index contributed by atoms with van der Waals surface area (Å²) in [6, 6.07) is 11.0. The Morgan fingerprint density at radius 1 is 0.933 bits per heavy atom. The topological polar surface area (TPSA) is 0 Å². The predicted octanol–water partition coefficient (Wildman–Crippen LogP) is 5.01. The van der Waals surface area contributed by atoms with Crippen molar-refractivity contribution in [2.75, 3.05) is 0 Å². The van der Waals surface area contributed by atoms with Crippen LogP contribution in [0.15, 0.2) is 30.3 Å². The molecule has 2 atom stereocenters. The molecule has 1 aliphatic rings. The van der Waals surface area contributed by atoms with Gasteiger partial charge in [-0.05, 0) is 23.8 Å². The average molecular weight is 204 g/mol. The zero-order valence-corrected chi connectivity index (χ0v) is 10.4. The Kier molecular flexibility index (Phi) is 5.45. The fourth-order valence-corrected chi connectivity index (χ4v) is 2.51. The first-order valence-corrected chi connectivity index (χ1v) is 6.43. The smallest absolute Gasteiger partial charge is 0.0136 e. The molecule has 1 saturated carbocycles. The first kappa shape index (κ1) is 12.3. The molecular formula is C15H24. The van der Waals surface area contributed by atoms with Crippen LogP contribution in [0.25, 0.3) is 0 Å². The Bertz CT molecular complexity index is 250. The molecule has 0 aliphatic heterocycles. The SMILES string of the molecule is CC.CC1CCCCC1c1ccccc1. The molecule has 1 aromatic rings. The molecule has 1 aromatic carbocycles. The van der Waals surface area contributed by atoms with E-state index in [0.717, 1.165) is 11.8 Å². The van der Waals surface area contributed by atoms with Crippen LogP contribution in [-0.4, -0.2) is 0 Å². The van der Waals surface area contributed by atoms with E-state index in [0.29, 0.717) is 0 Å². The summed E-state index contributed by atoms with van der Waals surface area (Å²) in [5.41, 5.74) is 1.55. The van der Waals surface area contributed by atoms with Crippen LogP contribution in [0.2, 0.25) is 0 Å². The van der Waals surface area contributed by atoms with E-state index in [1.165, 1.54) is 25.7 Å². The quantitative estimate of drug-likeness (QED) is 0.603. The van der Waals surface area contributed by atoms with Crippen molar-refractivity contribution in [1.29, 1.82) is 0 Å². The third-order valence-corrected chi connectivity index (χ3v) is 3.34. The molecule has 0 bridgehead atoms. The Morgan fingerprint density at radius 2 is 1.53 bits per heavy atom. The van der Waals surface area contributed by atoms with Crippen molar-refractivity contribution >= 4 is 0 Å². The summed E-state index contributed by atoms with van der Waals surface area (Å²) in [6.07, 6.45) is 5.67. The summed E-state index contributed by atoms with van der Waals surface area (Å²) in [4.78, 5) is 0. The largest absolute Gasteiger partial charge is 0.0683 e. The summed E-state index contributed by atoms with van der Waals surface area (Å²) in [5.74, 6) is 1.71. The van der Waals surface area contributed by atoms with Crippen molar-refractivity contribution in [3.8, 4) is 0 Å². The lowest BCUT2D eigenvalue weighted by atomic mass is 9.76. The number of hydrogen-bond acceptors (Lipinski definition) is 0. The van der Waals surface area contributed by atoms with Gasteiger partial charge in [0.15, 0.2) is 0 Å². The van der Waals surface area contributed by atoms with E-state index in [-0.39, 0.29) is 0 Å². The second-order valence-corrected chi connectivity index (χ2v) is 4.28. The lowest BCUT2D eigenvalue weighted by Gasteiger charge is -2.29. The van der Waals surface area contributed by atoms with Crippen LogP contribution in [0.5, 0.6) is 0 Å². The minimum absolute atomic E-state index is 0.829. The molecule has 0 aromatic heterocycles. The highest BCUT2D eigenvalue weighted by Crippen LogP contribution is 2.36. The van der Waals surface area contributed by atoms with Crippen LogP contribution >= 0.6 is 0 Å². The van der Waals surface area contributed by atoms with E-state index in [9.17, 15) is 0 Å². The molecule has 0 spiro atoms. The molecule has 0 N–H and O–H groups in total. The minimum Gasteiger partial charge on any atom is -0.0683 e. The maximum Gasteiger partial charge on any atom is -0.0136 e. The van der Waals surface area contributed by atoms with Gasteiger partial charge >= 0.3 is 0 Å². The van der Waals surface area contributed by atoms with Crippen molar-refractivity contribution in [3.63, 3.8) is 0 Å². The zero-order valence-electron chi connectivity index (χ0n) is 10.4. The van der Waals surface area contributed by atoms with Gasteiger partial charge in [0, 0.05) is 0 Å². The van der Waals surface area contributed by atoms with E-state index in [1.54, 1.807) is 5.56 Å². The highest BCUT2D eigenvalue weighted by molar-refractivity contribution is 5.20. The Hall–Kier alpha value is -0.780. The van der Waals surface area contributed by atoms with Crippen LogP contribution in [0.3, 0.4) is 0 Å². The van der Waals surface area contributed by atoms with Gasteiger partial charge in [-0.3, -0.25) is 0 Å². The molecule has 15 heavy (non-hydrogen) atoms. The fourth-order valence-electron chi connectivity index (χ4n) is 2.51. The fraction of sp³-hybridized carbons (Fsp3) is 0.600. The molecule has 0 heterocycles. The van der Waals surface area contributed by atoms with Crippen molar-refractivity contribution in [2.24, 2.45) is 5.92 Å². The number of benzene rings is 1. The highest BCUT2D eigenvalue weighted by atomic mass is 14.3. The summed E-state index contributed by atoms with van der Waals surface area (Å²) in [5, 5.41) is 0. The first-order chi connectivity index (χ1) is 7.38. The molecule has 84 valence electrons. The van der Waals surface area contributed by atoms with Crippen molar-refractivity contribution in [2.45, 2.75) is 52.4 Å². The van der Waals surface area contributed by atoms with Crippen LogP contribution in [-0.2, 0) is 0 Å². The second kappa shape index (κ2) is 6.66. The maximum absolute atomic E-state index is 2.40. The summed E-state index contributed by atoms with van der Waals surface area (Å²) in [6.45, 7) is 6.40. The van der Waals surface area contributed by atoms with E-state index in [1.807, 2.05) is 13.8 Å². The Labute approximate surface area is 94.7 Å². The van der Waals surface area contributed by atoms with Crippen molar-refractivity contribution in [3.05, 3.63) is 35.9 Å². The van der Waals surface area contributed by atoms with Gasteiger partial charge < -0.3 is 0 Å². The molecular weight excluding hydrogens is 180 g/mol. The molecule has 0 nitrogen and oxygen atoms in total. The van der Waals surface area contributed by atoms with Gasteiger partial charge in [-0.2, -0.15) is 0 Å². The number of hydrogen-bond donors (Lipinski definition) is 0. The summed E-state index contributed by atoms with van der Waals surface area (Å²) < 4.78 is 0. The second-order valence-electron chi connectivity index (χ2n) is 4.28. The monoisotopic (exact) mass is 204 g/mol. The standard InChI is InChI=1S/C13H18.C2H6/c1-11-7-5-6-10-13(11)12-8-3-2-4-9-12;1-2/h2-4,8-9,11,13H,5-7,10H2,1H3;1-2H3. The lowest BCUT2D eigenvalue weighted by molar-refractivity contribution is 0.330. The molecule has 0 radical (unpaired) electrons. The van der Waals surface area contributed by atoms with Gasteiger partial charge in [0.25, 0.3) is 0 Å². The third kappa shape index (κ3) is 3.37. The predicted molar refractivity (Wildman–Crippen MR) is 68.2 cm³/mol. The molecule has 0 heteroatoms. The van der Waals surface area contributed by atoms with E-state index in [2.05, 4.69) is 37.3 Å². The van der Waals surface area contributed by atoms with Crippen LogP contribution < -0.4 is 0 Å². The summed E-state index contributed by atoms with van der Waals surface area (Å²) >= 11 is 0. The molecule has 1 fully saturated rings. The number of rotatable bonds is 1. The molecule has 2 rings (SSSR count). The average Bonchev–Trinajstić information content (AvgIpc) is 2.33. The summed E-state index contributed by atoms with van der Waals surface area (Å²) in [7, 11) is 0. The Balaban J connectivity index is 0.000000531. The lowest BCUT2D eigenvalue weighted by Crippen LogP contribution is -2.14. The molecule has 1 aliphatic carbocycles. The van der Waals surface area contributed by atoms with Crippen LogP contribution in [0.4, 0.5) is 0 Å². The maximum atomic E-state index is 2.40. The minimum atomic E-state index is 0.829. The van der Waals surface area contributed by atoms with E-state index < -0.39 is 0 Å². The van der Waals surface area contributed by atoms with E-state index in [4.69, 9.17) is 0 Å². The van der Waals surface area contributed by atoms with Crippen LogP contribution in [0.1, 0.15) is 57.9 Å². The van der Waals surface area contributed by atoms with Crippen molar-refractivity contribution in [1.82, 2.24) is 0 Å². The Morgan fingerprint density at radius 3 is 2.13 bits per heavy atom. The molecule has 0 amide bonds. The van der Waals surface area contributed by atoms with E-state index >= 15 is 0 Å². The molecule has 2 unspecified atom stereocenters. The zero-order chi connectivity index (χ0) is 11.1. The van der Waals surface area contributed by atoms with Gasteiger partial charge in [-0.25, -0.2) is 0 Å². The van der Waals surface area contributed by atoms with Gasteiger partial charge in [0.2, 0.25) is 0 Å². The van der Waals surface area contributed by atoms with Crippen LogP contribution in [0, 0.1) is 5.92 Å². The third-order valence-electron chi connectivity index (χ3n) is 3.34. The highest BCUT2D eigenvalue weighted by Gasteiger charge is 2.22. The van der Waals surface area contributed by atoms with Gasteiger partial charge in [0.05, 0.1) is 0 Å². The van der Waals surface area contributed by atoms with Crippen molar-refractivity contribution < 1.29 is 0 Å². The normalized spacial score (nSPS) is 25.3. The van der Waals surface area contributed by atoms with Gasteiger partial charge in [-0.15, -0.1) is 0 Å². The van der Waals surface area contributed by atoms with Gasteiger partial charge in [0.1, 0.15) is 0 Å².